The van der Waals surface area contributed by atoms with E-state index >= 15 is 0 Å². The Kier molecular flexibility index (Phi) is 4.93. The van der Waals surface area contributed by atoms with Crippen LogP contribution in [0, 0.1) is 0 Å². The number of methoxy groups -OCH3 is 1. The first-order valence-corrected chi connectivity index (χ1v) is 9.15. The average molecular weight is 373 g/mol. The number of aromatic nitrogens is 3. The molecule has 144 valence electrons. The third-order valence-corrected chi connectivity index (χ3v) is 5.26. The summed E-state index contributed by atoms with van der Waals surface area (Å²) in [5, 5.41) is 7.10. The smallest absolute Gasteiger partial charge is 0.292 e. The number of rotatable bonds is 4. The molecule has 0 bridgehead atoms. The highest BCUT2D eigenvalue weighted by Gasteiger charge is 2.41. The van der Waals surface area contributed by atoms with E-state index < -0.39 is 0 Å². The van der Waals surface area contributed by atoms with E-state index in [-0.39, 0.29) is 23.3 Å². The van der Waals surface area contributed by atoms with Gasteiger partial charge in [0.05, 0.1) is 18.8 Å². The van der Waals surface area contributed by atoms with Crippen LogP contribution >= 0.6 is 0 Å². The molecule has 1 atom stereocenters. The fourth-order valence-electron chi connectivity index (χ4n) is 3.78. The van der Waals surface area contributed by atoms with E-state index in [4.69, 9.17) is 14.0 Å². The second kappa shape index (κ2) is 7.51. The van der Waals surface area contributed by atoms with Gasteiger partial charge in [-0.05, 0) is 36.9 Å². The number of likely N-dealkylation sites (tertiary alicyclic amines) is 1. The molecule has 0 radical (unpaired) electrons. The third-order valence-electron chi connectivity index (χ3n) is 5.26. The molecule has 9 heteroatoms. The third kappa shape index (κ3) is 3.87. The molecule has 2 saturated heterocycles. The van der Waals surface area contributed by atoms with Crippen LogP contribution in [-0.4, -0.2) is 64.4 Å². The molecule has 2 aromatic rings. The maximum atomic E-state index is 12.6. The predicted molar refractivity (Wildman–Crippen MR) is 95.6 cm³/mol. The summed E-state index contributed by atoms with van der Waals surface area (Å²) in [6.45, 7) is 1.94. The number of ether oxygens (including phenoxy) is 2. The second-order valence-corrected chi connectivity index (χ2v) is 6.96. The van der Waals surface area contributed by atoms with Crippen LogP contribution in [0.3, 0.4) is 0 Å². The van der Waals surface area contributed by atoms with Gasteiger partial charge in [-0.15, -0.1) is 0 Å². The van der Waals surface area contributed by atoms with Gasteiger partial charge >= 0.3 is 0 Å². The van der Waals surface area contributed by atoms with Crippen molar-refractivity contribution in [2.24, 2.45) is 0 Å². The van der Waals surface area contributed by atoms with Gasteiger partial charge in [-0.1, -0.05) is 0 Å². The molecule has 27 heavy (non-hydrogen) atoms. The lowest BCUT2D eigenvalue weighted by Crippen LogP contribution is -2.52. The molecule has 0 saturated carbocycles. The summed E-state index contributed by atoms with van der Waals surface area (Å²) in [4.78, 5) is 22.8. The van der Waals surface area contributed by atoms with Crippen LogP contribution in [-0.2, 0) is 4.74 Å². The maximum absolute atomic E-state index is 12.6. The van der Waals surface area contributed by atoms with Gasteiger partial charge < -0.3 is 24.2 Å². The Morgan fingerprint density at radius 1 is 1.33 bits per heavy atom. The van der Waals surface area contributed by atoms with Crippen LogP contribution in [0.25, 0.3) is 0 Å². The first kappa shape index (κ1) is 17.7. The monoisotopic (exact) mass is 373 g/mol. The zero-order chi connectivity index (χ0) is 18.7. The summed E-state index contributed by atoms with van der Waals surface area (Å²) >= 11 is 0. The molecule has 2 aliphatic rings. The standard InChI is InChI=1S/C18H23N5O4/c1-25-15-11-14(27-22-15)16(24)23-8-4-18(5-9-23)12-13(3-10-26-18)21-17-19-6-2-7-20-17/h2,6-7,11,13H,3-5,8-10,12H2,1H3,(H,19,20,21). The summed E-state index contributed by atoms with van der Waals surface area (Å²) in [5.74, 6) is 0.989. The number of piperidine rings is 1. The molecule has 4 rings (SSSR count). The highest BCUT2D eigenvalue weighted by Crippen LogP contribution is 2.36. The summed E-state index contributed by atoms with van der Waals surface area (Å²) in [5.41, 5.74) is -0.208. The summed E-state index contributed by atoms with van der Waals surface area (Å²) in [7, 11) is 1.49. The van der Waals surface area contributed by atoms with Crippen molar-refractivity contribution >= 4 is 11.9 Å². The summed E-state index contributed by atoms with van der Waals surface area (Å²) in [6.07, 6.45) is 6.83. The number of amides is 1. The summed E-state index contributed by atoms with van der Waals surface area (Å²) in [6, 6.07) is 3.58. The Morgan fingerprint density at radius 2 is 2.11 bits per heavy atom. The molecule has 1 unspecified atom stereocenters. The zero-order valence-corrected chi connectivity index (χ0v) is 15.3. The predicted octanol–water partition coefficient (Wildman–Crippen LogP) is 1.74. The van der Waals surface area contributed by atoms with Crippen molar-refractivity contribution in [1.29, 1.82) is 0 Å². The molecule has 2 aliphatic heterocycles. The second-order valence-electron chi connectivity index (χ2n) is 6.96. The van der Waals surface area contributed by atoms with Gasteiger partial charge in [-0.2, -0.15) is 0 Å². The van der Waals surface area contributed by atoms with E-state index in [0.717, 1.165) is 25.7 Å². The molecular weight excluding hydrogens is 350 g/mol. The Morgan fingerprint density at radius 3 is 2.81 bits per heavy atom. The molecule has 2 fully saturated rings. The Balaban J connectivity index is 1.35. The number of carbonyl (C=O) groups excluding carboxylic acids is 1. The molecule has 1 spiro atoms. The highest BCUT2D eigenvalue weighted by atomic mass is 16.5. The number of carbonyl (C=O) groups is 1. The molecule has 1 N–H and O–H groups in total. The lowest BCUT2D eigenvalue weighted by Gasteiger charge is -2.46. The molecule has 1 amide bonds. The van der Waals surface area contributed by atoms with Crippen molar-refractivity contribution in [3.63, 3.8) is 0 Å². The van der Waals surface area contributed by atoms with Crippen LogP contribution in [0.4, 0.5) is 5.95 Å². The maximum Gasteiger partial charge on any atom is 0.292 e. The Hall–Kier alpha value is -2.68. The normalized spacial score (nSPS) is 21.8. The SMILES string of the molecule is COc1cc(C(=O)N2CCC3(CC2)CC(Nc2ncccn2)CCO3)on1. The van der Waals surface area contributed by atoms with Crippen molar-refractivity contribution < 1.29 is 18.8 Å². The van der Waals surface area contributed by atoms with Crippen molar-refractivity contribution in [2.75, 3.05) is 32.1 Å². The van der Waals surface area contributed by atoms with Crippen LogP contribution in [0.15, 0.2) is 29.0 Å². The molecular formula is C18H23N5O4. The van der Waals surface area contributed by atoms with Gasteiger partial charge in [-0.3, -0.25) is 4.79 Å². The molecule has 0 aromatic carbocycles. The quantitative estimate of drug-likeness (QED) is 0.864. The van der Waals surface area contributed by atoms with Crippen molar-refractivity contribution in [1.82, 2.24) is 20.0 Å². The summed E-state index contributed by atoms with van der Waals surface area (Å²) < 4.78 is 16.2. The van der Waals surface area contributed by atoms with Crippen LogP contribution in [0.2, 0.25) is 0 Å². The number of nitrogens with zero attached hydrogens (tertiary/aromatic N) is 4. The number of nitrogens with one attached hydrogen (secondary N) is 1. The first-order valence-electron chi connectivity index (χ1n) is 9.15. The van der Waals surface area contributed by atoms with Gasteiger partial charge in [0, 0.05) is 38.1 Å². The van der Waals surface area contributed by atoms with Crippen LogP contribution in [0.1, 0.15) is 36.2 Å². The van der Waals surface area contributed by atoms with Crippen LogP contribution < -0.4 is 10.1 Å². The highest BCUT2D eigenvalue weighted by molar-refractivity contribution is 5.91. The van der Waals surface area contributed by atoms with Gasteiger partial charge in [0.15, 0.2) is 0 Å². The lowest BCUT2D eigenvalue weighted by atomic mass is 9.82. The fraction of sp³-hybridized carbons (Fsp3) is 0.556. The molecule has 2 aromatic heterocycles. The number of hydrogen-bond donors (Lipinski definition) is 1. The fourth-order valence-corrected chi connectivity index (χ4v) is 3.78. The minimum atomic E-state index is -0.208. The topological polar surface area (TPSA) is 103 Å². The minimum Gasteiger partial charge on any atom is -0.479 e. The van der Waals surface area contributed by atoms with E-state index in [9.17, 15) is 4.79 Å². The van der Waals surface area contributed by atoms with E-state index in [2.05, 4.69) is 20.4 Å². The number of anilines is 1. The lowest BCUT2D eigenvalue weighted by molar-refractivity contribution is -0.110. The molecule has 0 aliphatic carbocycles. The van der Waals surface area contributed by atoms with Crippen molar-refractivity contribution in [3.05, 3.63) is 30.3 Å². The van der Waals surface area contributed by atoms with E-state index in [1.807, 2.05) is 0 Å². The van der Waals surface area contributed by atoms with E-state index in [0.29, 0.717) is 31.5 Å². The van der Waals surface area contributed by atoms with Crippen LogP contribution in [0.5, 0.6) is 5.88 Å². The molecule has 4 heterocycles. The minimum absolute atomic E-state index is 0.163. The number of hydrogen-bond acceptors (Lipinski definition) is 8. The van der Waals surface area contributed by atoms with Gasteiger partial charge in [-0.25, -0.2) is 9.97 Å². The Bertz CT molecular complexity index is 773. The zero-order valence-electron chi connectivity index (χ0n) is 15.3. The van der Waals surface area contributed by atoms with Gasteiger partial charge in [0.2, 0.25) is 11.7 Å². The van der Waals surface area contributed by atoms with Gasteiger partial charge in [0.25, 0.3) is 11.8 Å². The van der Waals surface area contributed by atoms with Gasteiger partial charge in [0.1, 0.15) is 0 Å². The first-order chi connectivity index (χ1) is 13.2. The van der Waals surface area contributed by atoms with E-state index in [1.54, 1.807) is 23.4 Å². The largest absolute Gasteiger partial charge is 0.479 e. The average Bonchev–Trinajstić information content (AvgIpc) is 3.18. The Labute approximate surface area is 157 Å². The van der Waals surface area contributed by atoms with Crippen molar-refractivity contribution in [2.45, 2.75) is 37.3 Å². The van der Waals surface area contributed by atoms with Crippen molar-refractivity contribution in [3.8, 4) is 5.88 Å². The molecule has 9 nitrogen and oxygen atoms in total. The van der Waals surface area contributed by atoms with E-state index in [1.165, 1.54) is 13.2 Å².